The molecular formula is C14H20O. The minimum atomic E-state index is 0.0663. The molecule has 1 saturated carbocycles. The maximum Gasteiger partial charge on any atom is 0.0527 e. The largest absolute Gasteiger partial charge is 0.395 e. The van der Waals surface area contributed by atoms with E-state index in [4.69, 9.17) is 0 Å². The molecule has 1 nitrogen and oxygen atoms in total. The van der Waals surface area contributed by atoms with Crippen molar-refractivity contribution < 1.29 is 5.11 Å². The zero-order valence-electron chi connectivity index (χ0n) is 9.71. The number of hydrogen-bond donors (Lipinski definition) is 1. The quantitative estimate of drug-likeness (QED) is 0.784. The zero-order chi connectivity index (χ0) is 10.9. The van der Waals surface area contributed by atoms with E-state index in [9.17, 15) is 5.11 Å². The van der Waals surface area contributed by atoms with Gasteiger partial charge in [-0.1, -0.05) is 42.2 Å². The molecule has 0 spiro atoms. The van der Waals surface area contributed by atoms with Gasteiger partial charge in [-0.2, -0.15) is 0 Å². The van der Waals surface area contributed by atoms with Crippen molar-refractivity contribution in [3.63, 3.8) is 0 Å². The average Bonchev–Trinajstić information content (AvgIpc) is 2.65. The van der Waals surface area contributed by atoms with Crippen LogP contribution in [0.4, 0.5) is 0 Å². The molecule has 2 rings (SSSR count). The summed E-state index contributed by atoms with van der Waals surface area (Å²) in [6.07, 6.45) is 4.81. The van der Waals surface area contributed by atoms with Gasteiger partial charge < -0.3 is 5.11 Å². The van der Waals surface area contributed by atoms with Crippen LogP contribution < -0.4 is 0 Å². The van der Waals surface area contributed by atoms with Crippen LogP contribution in [0.1, 0.15) is 42.4 Å². The van der Waals surface area contributed by atoms with E-state index in [-0.39, 0.29) is 5.41 Å². The lowest BCUT2D eigenvalue weighted by molar-refractivity contribution is 0.196. The smallest absolute Gasteiger partial charge is 0.0527 e. The monoisotopic (exact) mass is 204 g/mol. The number of aliphatic hydroxyl groups excluding tert-OH is 1. The summed E-state index contributed by atoms with van der Waals surface area (Å²) in [6.45, 7) is 4.57. The van der Waals surface area contributed by atoms with E-state index >= 15 is 0 Å². The standard InChI is InChI=1S/C14H20O/c1-11-7-12(2)9-13(8-11)14(10-15)5-3-4-6-14/h7-9,15H,3-6,10H2,1-2H3. The van der Waals surface area contributed by atoms with Gasteiger partial charge in [-0.05, 0) is 32.3 Å². The molecule has 0 aliphatic heterocycles. The van der Waals surface area contributed by atoms with Crippen molar-refractivity contribution >= 4 is 0 Å². The minimum Gasteiger partial charge on any atom is -0.395 e. The molecule has 82 valence electrons. The van der Waals surface area contributed by atoms with Gasteiger partial charge in [-0.25, -0.2) is 0 Å². The third-order valence-electron chi connectivity index (χ3n) is 3.70. The summed E-state index contributed by atoms with van der Waals surface area (Å²) in [5.74, 6) is 0. The van der Waals surface area contributed by atoms with Crippen LogP contribution in [-0.2, 0) is 5.41 Å². The lowest BCUT2D eigenvalue weighted by atomic mass is 9.78. The molecule has 0 amide bonds. The van der Waals surface area contributed by atoms with E-state index < -0.39 is 0 Å². The number of hydrogen-bond acceptors (Lipinski definition) is 1. The van der Waals surface area contributed by atoms with Gasteiger partial charge >= 0.3 is 0 Å². The predicted molar refractivity (Wildman–Crippen MR) is 63.1 cm³/mol. The Labute approximate surface area is 92.1 Å². The van der Waals surface area contributed by atoms with E-state index in [0.29, 0.717) is 6.61 Å². The highest BCUT2D eigenvalue weighted by molar-refractivity contribution is 5.35. The highest BCUT2D eigenvalue weighted by atomic mass is 16.3. The zero-order valence-corrected chi connectivity index (χ0v) is 9.71. The van der Waals surface area contributed by atoms with Crippen LogP contribution in [0.5, 0.6) is 0 Å². The Morgan fingerprint density at radius 1 is 1.07 bits per heavy atom. The second-order valence-corrected chi connectivity index (χ2v) is 5.02. The first kappa shape index (κ1) is 10.7. The molecule has 0 radical (unpaired) electrons. The molecule has 1 aliphatic rings. The molecule has 0 atom stereocenters. The normalized spacial score (nSPS) is 19.4. The highest BCUT2D eigenvalue weighted by Gasteiger charge is 2.34. The molecule has 0 heterocycles. The molecule has 1 heteroatoms. The van der Waals surface area contributed by atoms with E-state index in [2.05, 4.69) is 32.0 Å². The molecule has 1 fully saturated rings. The summed E-state index contributed by atoms with van der Waals surface area (Å²) in [6, 6.07) is 6.69. The van der Waals surface area contributed by atoms with Gasteiger partial charge in [0, 0.05) is 5.41 Å². The molecule has 1 aromatic rings. The highest BCUT2D eigenvalue weighted by Crippen LogP contribution is 2.41. The molecule has 0 unspecified atom stereocenters. The number of rotatable bonds is 2. The van der Waals surface area contributed by atoms with Crippen LogP contribution in [-0.4, -0.2) is 11.7 Å². The van der Waals surface area contributed by atoms with Gasteiger partial charge in [0.15, 0.2) is 0 Å². The Morgan fingerprint density at radius 3 is 2.07 bits per heavy atom. The summed E-state index contributed by atoms with van der Waals surface area (Å²) in [7, 11) is 0. The van der Waals surface area contributed by atoms with Gasteiger partial charge in [0.2, 0.25) is 0 Å². The summed E-state index contributed by atoms with van der Waals surface area (Å²) >= 11 is 0. The summed E-state index contributed by atoms with van der Waals surface area (Å²) in [5, 5.41) is 9.65. The van der Waals surface area contributed by atoms with Gasteiger partial charge in [0.1, 0.15) is 0 Å². The second-order valence-electron chi connectivity index (χ2n) is 5.02. The van der Waals surface area contributed by atoms with E-state index in [1.54, 1.807) is 0 Å². The van der Waals surface area contributed by atoms with Crippen molar-refractivity contribution in [1.82, 2.24) is 0 Å². The van der Waals surface area contributed by atoms with Crippen LogP contribution >= 0.6 is 0 Å². The summed E-state index contributed by atoms with van der Waals surface area (Å²) in [4.78, 5) is 0. The van der Waals surface area contributed by atoms with Gasteiger partial charge in [-0.3, -0.25) is 0 Å². The van der Waals surface area contributed by atoms with Crippen LogP contribution in [0, 0.1) is 13.8 Å². The molecule has 1 aromatic carbocycles. The van der Waals surface area contributed by atoms with Crippen molar-refractivity contribution in [3.05, 3.63) is 34.9 Å². The van der Waals surface area contributed by atoms with Gasteiger partial charge in [0.25, 0.3) is 0 Å². The van der Waals surface area contributed by atoms with Crippen LogP contribution in [0.2, 0.25) is 0 Å². The topological polar surface area (TPSA) is 20.2 Å². The van der Waals surface area contributed by atoms with Crippen molar-refractivity contribution in [3.8, 4) is 0 Å². The number of aryl methyl sites for hydroxylation is 2. The average molecular weight is 204 g/mol. The Kier molecular flexibility index (Phi) is 2.83. The molecule has 15 heavy (non-hydrogen) atoms. The van der Waals surface area contributed by atoms with Crippen molar-refractivity contribution in [1.29, 1.82) is 0 Å². The van der Waals surface area contributed by atoms with E-state index in [1.807, 2.05) is 0 Å². The fourth-order valence-corrected chi connectivity index (χ4v) is 2.87. The lowest BCUT2D eigenvalue weighted by Crippen LogP contribution is -2.26. The Morgan fingerprint density at radius 2 is 1.60 bits per heavy atom. The minimum absolute atomic E-state index is 0.0663. The number of aliphatic hydroxyl groups is 1. The molecule has 1 aliphatic carbocycles. The van der Waals surface area contributed by atoms with Gasteiger partial charge in [0.05, 0.1) is 6.61 Å². The Hall–Kier alpha value is -0.820. The van der Waals surface area contributed by atoms with Crippen molar-refractivity contribution in [2.24, 2.45) is 0 Å². The third kappa shape index (κ3) is 1.93. The Balaban J connectivity index is 2.42. The molecule has 1 N–H and O–H groups in total. The summed E-state index contributed by atoms with van der Waals surface area (Å²) in [5.41, 5.74) is 4.03. The summed E-state index contributed by atoms with van der Waals surface area (Å²) < 4.78 is 0. The van der Waals surface area contributed by atoms with Crippen LogP contribution in [0.15, 0.2) is 18.2 Å². The predicted octanol–water partition coefficient (Wildman–Crippen LogP) is 3.11. The maximum absolute atomic E-state index is 9.65. The molecular weight excluding hydrogens is 184 g/mol. The third-order valence-corrected chi connectivity index (χ3v) is 3.70. The van der Waals surface area contributed by atoms with Gasteiger partial charge in [-0.15, -0.1) is 0 Å². The fraction of sp³-hybridized carbons (Fsp3) is 0.571. The lowest BCUT2D eigenvalue weighted by Gasteiger charge is -2.27. The molecule has 0 saturated heterocycles. The first-order valence-corrected chi connectivity index (χ1v) is 5.86. The van der Waals surface area contributed by atoms with Crippen molar-refractivity contribution in [2.75, 3.05) is 6.61 Å². The van der Waals surface area contributed by atoms with Crippen LogP contribution in [0.3, 0.4) is 0 Å². The Bertz CT molecular complexity index is 328. The van der Waals surface area contributed by atoms with E-state index in [1.165, 1.54) is 29.5 Å². The SMILES string of the molecule is Cc1cc(C)cc(C2(CO)CCCC2)c1. The number of benzene rings is 1. The maximum atomic E-state index is 9.65. The van der Waals surface area contributed by atoms with Crippen molar-refractivity contribution in [2.45, 2.75) is 44.9 Å². The second kappa shape index (κ2) is 3.97. The fourth-order valence-electron chi connectivity index (χ4n) is 2.87. The first-order chi connectivity index (χ1) is 7.16. The molecule has 0 bridgehead atoms. The van der Waals surface area contributed by atoms with Crippen LogP contribution in [0.25, 0.3) is 0 Å². The first-order valence-electron chi connectivity index (χ1n) is 5.86. The molecule has 0 aromatic heterocycles. The van der Waals surface area contributed by atoms with E-state index in [0.717, 1.165) is 12.8 Å².